The van der Waals surface area contributed by atoms with Crippen LogP contribution in [0.3, 0.4) is 0 Å². The van der Waals surface area contributed by atoms with Crippen molar-refractivity contribution in [1.29, 1.82) is 0 Å². The first-order valence-corrected chi connectivity index (χ1v) is 6.62. The maximum absolute atomic E-state index is 6.04. The molecule has 0 amide bonds. The summed E-state index contributed by atoms with van der Waals surface area (Å²) in [6.07, 6.45) is 1.99. The fourth-order valence-corrected chi connectivity index (χ4v) is 2.16. The molecule has 0 spiro atoms. The van der Waals surface area contributed by atoms with Gasteiger partial charge in [-0.3, -0.25) is 0 Å². The first kappa shape index (κ1) is 13.2. The minimum absolute atomic E-state index is 0.444. The van der Waals surface area contributed by atoms with Crippen LogP contribution in [0, 0.1) is 0 Å². The SMILES string of the molecule is CCOCCN(C)c1nc2ccccn2c1CCl. The van der Waals surface area contributed by atoms with Crippen molar-refractivity contribution in [3.8, 4) is 0 Å². The monoisotopic (exact) mass is 267 g/mol. The number of fused-ring (bicyclic) bond motifs is 1. The fraction of sp³-hybridized carbons (Fsp3) is 0.462. The molecular formula is C13H18ClN3O. The molecule has 0 fully saturated rings. The zero-order chi connectivity index (χ0) is 13.0. The van der Waals surface area contributed by atoms with Gasteiger partial charge in [-0.05, 0) is 19.1 Å². The number of hydrogen-bond donors (Lipinski definition) is 0. The van der Waals surface area contributed by atoms with Crippen LogP contribution < -0.4 is 4.90 Å². The summed E-state index contributed by atoms with van der Waals surface area (Å²) in [5.74, 6) is 1.37. The topological polar surface area (TPSA) is 29.8 Å². The normalized spacial score (nSPS) is 11.1. The van der Waals surface area contributed by atoms with E-state index >= 15 is 0 Å². The van der Waals surface area contributed by atoms with E-state index in [2.05, 4.69) is 9.88 Å². The van der Waals surface area contributed by atoms with Gasteiger partial charge in [-0.15, -0.1) is 11.6 Å². The van der Waals surface area contributed by atoms with E-state index in [1.807, 2.05) is 42.8 Å². The summed E-state index contributed by atoms with van der Waals surface area (Å²) < 4.78 is 7.39. The van der Waals surface area contributed by atoms with Gasteiger partial charge < -0.3 is 14.0 Å². The summed E-state index contributed by atoms with van der Waals surface area (Å²) >= 11 is 6.04. The number of halogens is 1. The lowest BCUT2D eigenvalue weighted by Crippen LogP contribution is -2.23. The molecular weight excluding hydrogens is 250 g/mol. The highest BCUT2D eigenvalue weighted by molar-refractivity contribution is 6.17. The number of anilines is 1. The zero-order valence-electron chi connectivity index (χ0n) is 10.8. The summed E-state index contributed by atoms with van der Waals surface area (Å²) in [6.45, 7) is 4.24. The number of hydrogen-bond acceptors (Lipinski definition) is 3. The summed E-state index contributed by atoms with van der Waals surface area (Å²) in [7, 11) is 2.01. The highest BCUT2D eigenvalue weighted by Crippen LogP contribution is 2.22. The minimum atomic E-state index is 0.444. The lowest BCUT2D eigenvalue weighted by molar-refractivity contribution is 0.154. The molecule has 0 saturated carbocycles. The third-order valence-electron chi connectivity index (χ3n) is 2.87. The van der Waals surface area contributed by atoms with Gasteiger partial charge in [0.05, 0.1) is 18.2 Å². The van der Waals surface area contributed by atoms with Gasteiger partial charge in [0, 0.05) is 26.4 Å². The van der Waals surface area contributed by atoms with Crippen molar-refractivity contribution in [2.45, 2.75) is 12.8 Å². The zero-order valence-corrected chi connectivity index (χ0v) is 11.5. The van der Waals surface area contributed by atoms with Crippen molar-refractivity contribution < 1.29 is 4.74 Å². The minimum Gasteiger partial charge on any atom is -0.380 e. The molecule has 2 aromatic rings. The van der Waals surface area contributed by atoms with Crippen LogP contribution >= 0.6 is 11.6 Å². The summed E-state index contributed by atoms with van der Waals surface area (Å²) in [5, 5.41) is 0. The van der Waals surface area contributed by atoms with Gasteiger partial charge in [-0.25, -0.2) is 4.98 Å². The van der Waals surface area contributed by atoms with Crippen LogP contribution in [-0.4, -0.2) is 36.2 Å². The van der Waals surface area contributed by atoms with Crippen molar-refractivity contribution >= 4 is 23.1 Å². The van der Waals surface area contributed by atoms with Gasteiger partial charge in [0.1, 0.15) is 5.65 Å². The molecule has 0 atom stereocenters. The molecule has 0 saturated heterocycles. The van der Waals surface area contributed by atoms with E-state index in [1.165, 1.54) is 0 Å². The average molecular weight is 268 g/mol. The van der Waals surface area contributed by atoms with Crippen molar-refractivity contribution in [2.24, 2.45) is 0 Å². The molecule has 0 N–H and O–H groups in total. The van der Waals surface area contributed by atoms with Crippen LogP contribution in [0.25, 0.3) is 5.65 Å². The van der Waals surface area contributed by atoms with E-state index in [-0.39, 0.29) is 0 Å². The Morgan fingerprint density at radius 2 is 2.28 bits per heavy atom. The van der Waals surface area contributed by atoms with Crippen LogP contribution in [0.15, 0.2) is 24.4 Å². The molecule has 4 nitrogen and oxygen atoms in total. The van der Waals surface area contributed by atoms with E-state index in [0.717, 1.165) is 30.3 Å². The van der Waals surface area contributed by atoms with E-state index < -0.39 is 0 Å². The number of likely N-dealkylation sites (N-methyl/N-ethyl adjacent to an activating group) is 1. The number of rotatable bonds is 6. The van der Waals surface area contributed by atoms with Crippen molar-refractivity contribution in [2.75, 3.05) is 31.7 Å². The Hall–Kier alpha value is -1.26. The fourth-order valence-electron chi connectivity index (χ4n) is 1.92. The molecule has 0 aliphatic rings. The second-order valence-corrected chi connectivity index (χ2v) is 4.33. The molecule has 0 unspecified atom stereocenters. The van der Waals surface area contributed by atoms with Crippen molar-refractivity contribution in [1.82, 2.24) is 9.38 Å². The predicted octanol–water partition coefficient (Wildman–Crippen LogP) is 2.55. The van der Waals surface area contributed by atoms with Gasteiger partial charge >= 0.3 is 0 Å². The molecule has 18 heavy (non-hydrogen) atoms. The van der Waals surface area contributed by atoms with Gasteiger partial charge in [0.25, 0.3) is 0 Å². The van der Waals surface area contributed by atoms with E-state index in [9.17, 15) is 0 Å². The summed E-state index contributed by atoms with van der Waals surface area (Å²) in [4.78, 5) is 6.69. The molecule has 2 heterocycles. The van der Waals surface area contributed by atoms with E-state index in [0.29, 0.717) is 12.5 Å². The van der Waals surface area contributed by atoms with Gasteiger partial charge in [-0.1, -0.05) is 6.07 Å². The smallest absolute Gasteiger partial charge is 0.152 e. The number of ether oxygens (including phenoxy) is 1. The van der Waals surface area contributed by atoms with Crippen molar-refractivity contribution in [3.05, 3.63) is 30.1 Å². The van der Waals surface area contributed by atoms with E-state index in [4.69, 9.17) is 16.3 Å². The molecule has 0 aliphatic carbocycles. The molecule has 0 aromatic carbocycles. The number of alkyl halides is 1. The molecule has 2 rings (SSSR count). The Kier molecular flexibility index (Phi) is 4.44. The van der Waals surface area contributed by atoms with Crippen LogP contribution in [0.1, 0.15) is 12.6 Å². The molecule has 0 bridgehead atoms. The second kappa shape index (κ2) is 6.07. The number of nitrogens with zero attached hydrogens (tertiary/aromatic N) is 3. The molecule has 5 heteroatoms. The lowest BCUT2D eigenvalue weighted by Gasteiger charge is -2.17. The Morgan fingerprint density at radius 3 is 3.00 bits per heavy atom. The van der Waals surface area contributed by atoms with Crippen LogP contribution in [0.2, 0.25) is 0 Å². The highest BCUT2D eigenvalue weighted by atomic mass is 35.5. The number of pyridine rings is 1. The predicted molar refractivity (Wildman–Crippen MR) is 74.5 cm³/mol. The number of imidazole rings is 1. The van der Waals surface area contributed by atoms with Crippen LogP contribution in [0.5, 0.6) is 0 Å². The molecule has 0 aliphatic heterocycles. The Morgan fingerprint density at radius 1 is 1.44 bits per heavy atom. The van der Waals surface area contributed by atoms with Crippen LogP contribution in [0.4, 0.5) is 5.82 Å². The average Bonchev–Trinajstić information content (AvgIpc) is 2.77. The Bertz CT molecular complexity index is 512. The first-order valence-electron chi connectivity index (χ1n) is 6.08. The lowest BCUT2D eigenvalue weighted by atomic mass is 10.4. The highest BCUT2D eigenvalue weighted by Gasteiger charge is 2.14. The summed E-state index contributed by atoms with van der Waals surface area (Å²) in [6, 6.07) is 5.94. The van der Waals surface area contributed by atoms with Gasteiger partial charge in [0.2, 0.25) is 0 Å². The first-order chi connectivity index (χ1) is 8.77. The Balaban J connectivity index is 2.26. The van der Waals surface area contributed by atoms with Crippen LogP contribution in [-0.2, 0) is 10.6 Å². The standard InChI is InChI=1S/C13H18ClN3O/c1-3-18-9-8-16(2)13-11(10-14)17-7-5-4-6-12(17)15-13/h4-7H,3,8-10H2,1-2H3. The Labute approximate surface area is 112 Å². The summed E-state index contributed by atoms with van der Waals surface area (Å²) in [5.41, 5.74) is 1.94. The molecule has 2 aromatic heterocycles. The molecule has 0 radical (unpaired) electrons. The quantitative estimate of drug-likeness (QED) is 0.595. The maximum Gasteiger partial charge on any atom is 0.152 e. The maximum atomic E-state index is 6.04. The number of aromatic nitrogens is 2. The largest absolute Gasteiger partial charge is 0.380 e. The second-order valence-electron chi connectivity index (χ2n) is 4.06. The van der Waals surface area contributed by atoms with E-state index in [1.54, 1.807) is 0 Å². The van der Waals surface area contributed by atoms with Gasteiger partial charge in [0.15, 0.2) is 5.82 Å². The third kappa shape index (κ3) is 2.60. The van der Waals surface area contributed by atoms with Gasteiger partial charge in [-0.2, -0.15) is 0 Å². The third-order valence-corrected chi connectivity index (χ3v) is 3.12. The van der Waals surface area contributed by atoms with Crippen molar-refractivity contribution in [3.63, 3.8) is 0 Å². The molecule has 98 valence electrons.